The van der Waals surface area contributed by atoms with E-state index in [9.17, 15) is 45.6 Å². The van der Waals surface area contributed by atoms with Crippen LogP contribution in [0.4, 0.5) is 0 Å². The Balaban J connectivity index is 1.70. The summed E-state index contributed by atoms with van der Waals surface area (Å²) in [6, 6.07) is -0.965. The number of unbranched alkanes of at least 4 members (excludes halogenated alkanes) is 28. The molecule has 0 aliphatic carbocycles. The summed E-state index contributed by atoms with van der Waals surface area (Å²) in [5.74, 6) is -0.281. The van der Waals surface area contributed by atoms with E-state index in [-0.39, 0.29) is 18.9 Å². The molecule has 0 radical (unpaired) electrons. The molecule has 0 spiro atoms. The standard InChI is InChI=1S/C81H137NO13/c1-3-5-7-9-11-13-15-17-19-21-23-25-27-29-31-33-34-35-37-38-40-42-44-46-48-50-52-54-56-58-60-62-64-70(85)69(68-92-80-78(91)76(89)79(72(67-84)94-80)95-81-77(90)75(88)74(87)71(66-83)93-81)82-73(86)65-63-61-59-57-55-53-51-49-47-45-43-41-39-36-32-30-28-26-24-22-20-18-16-14-12-10-8-6-4-2/h6,8,12,14,18,20,24,26,30,32,39,41,45-48,51,53-54,56,62,64,69-72,74-81,83-85,87-91H,3-5,7,9-11,13,15-17,19,21-23,25,27-29,31,33-38,40,42-44,49-50,52,55,57-61,63,65-68H2,1-2H3,(H,82,86)/b8-6-,14-12-,20-18-,26-24-,32-30-,41-39-,47-45-,48-46+,53-51-,56-54+,64-62+. The first kappa shape index (κ1) is 87.2. The molecule has 95 heavy (non-hydrogen) atoms. The second kappa shape index (κ2) is 63.6. The van der Waals surface area contributed by atoms with Crippen LogP contribution in [0, 0.1) is 0 Å². The Bertz CT molecular complexity index is 2110. The molecule has 0 bridgehead atoms. The van der Waals surface area contributed by atoms with E-state index >= 15 is 0 Å². The van der Waals surface area contributed by atoms with Gasteiger partial charge in [-0.05, 0) is 109 Å². The van der Waals surface area contributed by atoms with Crippen molar-refractivity contribution in [3.05, 3.63) is 134 Å². The molecule has 14 heteroatoms. The number of hydrogen-bond acceptors (Lipinski definition) is 13. The van der Waals surface area contributed by atoms with Gasteiger partial charge in [-0.2, -0.15) is 0 Å². The van der Waals surface area contributed by atoms with Crippen molar-refractivity contribution < 1.29 is 64.6 Å². The van der Waals surface area contributed by atoms with Crippen molar-refractivity contribution in [2.45, 2.75) is 351 Å². The molecule has 9 N–H and O–H groups in total. The molecule has 14 nitrogen and oxygen atoms in total. The van der Waals surface area contributed by atoms with Crippen molar-refractivity contribution in [2.75, 3.05) is 19.8 Å². The number of nitrogens with one attached hydrogen (secondary N) is 1. The Labute approximate surface area is 577 Å². The van der Waals surface area contributed by atoms with E-state index in [2.05, 4.69) is 141 Å². The van der Waals surface area contributed by atoms with Gasteiger partial charge in [0.05, 0.1) is 32.0 Å². The van der Waals surface area contributed by atoms with Crippen LogP contribution in [0.5, 0.6) is 0 Å². The second-order valence-electron chi connectivity index (χ2n) is 26.0. The van der Waals surface area contributed by atoms with E-state index in [0.717, 1.165) is 103 Å². The minimum absolute atomic E-state index is 0.231. The largest absolute Gasteiger partial charge is 0.394 e. The lowest BCUT2D eigenvalue weighted by atomic mass is 9.97. The number of allylic oxidation sites excluding steroid dienone is 21. The lowest BCUT2D eigenvalue weighted by Gasteiger charge is -2.46. The van der Waals surface area contributed by atoms with Gasteiger partial charge in [0.2, 0.25) is 5.91 Å². The van der Waals surface area contributed by atoms with Crippen molar-refractivity contribution >= 4 is 5.91 Å². The summed E-state index contributed by atoms with van der Waals surface area (Å²) in [6.45, 7) is 2.66. The predicted octanol–water partition coefficient (Wildman–Crippen LogP) is 16.6. The van der Waals surface area contributed by atoms with Gasteiger partial charge < -0.3 is 65.1 Å². The van der Waals surface area contributed by atoms with E-state index in [4.69, 9.17) is 18.9 Å². The SMILES string of the molecule is CC/C=C\C/C=C\C/C=C\C/C=C\C/C=C\C/C=C\C/C=C\C/C=C\CCCCCCC(=O)NC(COC1OC(CO)C(OC2OC(CO)C(O)C(O)C2O)C(O)C1O)C(O)/C=C/CC/C=C/CC/C=C/CCCCCCCCCCCCCCCCCCCCCCCC. The van der Waals surface area contributed by atoms with Crippen molar-refractivity contribution in [1.29, 1.82) is 0 Å². The highest BCUT2D eigenvalue weighted by molar-refractivity contribution is 5.76. The normalized spacial score (nSPS) is 23.1. The third kappa shape index (κ3) is 46.9. The molecule has 2 heterocycles. The summed E-state index contributed by atoms with van der Waals surface area (Å²) < 4.78 is 22.8. The third-order valence-electron chi connectivity index (χ3n) is 17.5. The minimum atomic E-state index is -1.80. The molecule has 0 saturated carbocycles. The molecule has 0 aromatic rings. The van der Waals surface area contributed by atoms with Gasteiger partial charge >= 0.3 is 0 Å². The lowest BCUT2D eigenvalue weighted by Crippen LogP contribution is -2.65. The van der Waals surface area contributed by atoms with Crippen molar-refractivity contribution in [1.82, 2.24) is 5.32 Å². The van der Waals surface area contributed by atoms with Gasteiger partial charge in [0.15, 0.2) is 12.6 Å². The van der Waals surface area contributed by atoms with Gasteiger partial charge in [0.1, 0.15) is 48.8 Å². The van der Waals surface area contributed by atoms with Gasteiger partial charge in [-0.3, -0.25) is 4.79 Å². The second-order valence-corrected chi connectivity index (χ2v) is 26.0. The Kier molecular flexibility index (Phi) is 58.4. The lowest BCUT2D eigenvalue weighted by molar-refractivity contribution is -0.359. The van der Waals surface area contributed by atoms with E-state index in [1.807, 2.05) is 6.08 Å². The summed E-state index contributed by atoms with van der Waals surface area (Å²) in [5, 5.41) is 87.5. The minimum Gasteiger partial charge on any atom is -0.394 e. The maximum Gasteiger partial charge on any atom is 0.220 e. The molecule has 12 unspecified atom stereocenters. The molecule has 2 saturated heterocycles. The van der Waals surface area contributed by atoms with Gasteiger partial charge in [0, 0.05) is 6.42 Å². The van der Waals surface area contributed by atoms with Crippen LogP contribution in [0.1, 0.15) is 277 Å². The number of carbonyl (C=O) groups excluding carboxylic acids is 1. The molecular formula is C81H137NO13. The Morgan fingerprint density at radius 1 is 0.389 bits per heavy atom. The van der Waals surface area contributed by atoms with E-state index < -0.39 is 86.8 Å². The summed E-state index contributed by atoms with van der Waals surface area (Å²) in [4.78, 5) is 13.3. The number of hydrogen-bond donors (Lipinski definition) is 9. The number of aliphatic hydroxyl groups excluding tert-OH is 8. The maximum absolute atomic E-state index is 13.3. The van der Waals surface area contributed by atoms with Crippen LogP contribution in [0.25, 0.3) is 0 Å². The van der Waals surface area contributed by atoms with Crippen molar-refractivity contribution in [2.24, 2.45) is 0 Å². The summed E-state index contributed by atoms with van der Waals surface area (Å²) in [6.07, 6.45) is 78.1. The molecule has 1 amide bonds. The fraction of sp³-hybridized carbons (Fsp3) is 0.716. The molecule has 544 valence electrons. The fourth-order valence-corrected chi connectivity index (χ4v) is 11.6. The quantitative estimate of drug-likeness (QED) is 0.0204. The molecular weight excluding hydrogens is 1190 g/mol. The molecule has 2 aliphatic rings. The Hall–Kier alpha value is -3.87. The number of aliphatic hydroxyl groups is 8. The molecule has 2 fully saturated rings. The van der Waals surface area contributed by atoms with Crippen LogP contribution >= 0.6 is 0 Å². The van der Waals surface area contributed by atoms with Gasteiger partial charge in [-0.25, -0.2) is 0 Å². The zero-order valence-electron chi connectivity index (χ0n) is 59.4. The summed E-state index contributed by atoms with van der Waals surface area (Å²) in [5.41, 5.74) is 0. The van der Waals surface area contributed by atoms with Crippen LogP contribution in [-0.4, -0.2) is 140 Å². The molecule has 0 aromatic heterocycles. The van der Waals surface area contributed by atoms with Crippen molar-refractivity contribution in [3.8, 4) is 0 Å². The Morgan fingerprint density at radius 3 is 1.16 bits per heavy atom. The highest BCUT2D eigenvalue weighted by Crippen LogP contribution is 2.30. The average molecular weight is 1330 g/mol. The number of ether oxygens (including phenoxy) is 4. The molecule has 12 atom stereocenters. The van der Waals surface area contributed by atoms with E-state index in [1.165, 1.54) is 141 Å². The predicted molar refractivity (Wildman–Crippen MR) is 391 cm³/mol. The zero-order valence-corrected chi connectivity index (χ0v) is 59.4. The number of carbonyl (C=O) groups is 1. The molecule has 2 aliphatic heterocycles. The van der Waals surface area contributed by atoms with Gasteiger partial charge in [0.25, 0.3) is 0 Å². The van der Waals surface area contributed by atoms with Crippen LogP contribution in [0.2, 0.25) is 0 Å². The smallest absolute Gasteiger partial charge is 0.220 e. The average Bonchev–Trinajstić information content (AvgIpc) is 0.801. The van der Waals surface area contributed by atoms with Crippen LogP contribution in [-0.2, 0) is 23.7 Å². The van der Waals surface area contributed by atoms with Gasteiger partial charge in [-0.1, -0.05) is 295 Å². The number of amides is 1. The van der Waals surface area contributed by atoms with Gasteiger partial charge in [-0.15, -0.1) is 0 Å². The summed E-state index contributed by atoms with van der Waals surface area (Å²) in [7, 11) is 0. The van der Waals surface area contributed by atoms with E-state index in [1.54, 1.807) is 6.08 Å². The first-order valence-corrected chi connectivity index (χ1v) is 37.9. The van der Waals surface area contributed by atoms with Crippen molar-refractivity contribution in [3.63, 3.8) is 0 Å². The molecule has 0 aromatic carbocycles. The first-order chi connectivity index (χ1) is 46.6. The van der Waals surface area contributed by atoms with Crippen LogP contribution < -0.4 is 5.32 Å². The summed E-state index contributed by atoms with van der Waals surface area (Å²) >= 11 is 0. The number of rotatable bonds is 61. The third-order valence-corrected chi connectivity index (χ3v) is 17.5. The maximum atomic E-state index is 13.3. The van der Waals surface area contributed by atoms with E-state index in [0.29, 0.717) is 12.8 Å². The van der Waals surface area contributed by atoms with Crippen LogP contribution in [0.15, 0.2) is 134 Å². The molecule has 2 rings (SSSR count). The zero-order chi connectivity index (χ0) is 68.7. The highest BCUT2D eigenvalue weighted by atomic mass is 16.7. The Morgan fingerprint density at radius 2 is 0.737 bits per heavy atom. The fourth-order valence-electron chi connectivity index (χ4n) is 11.6. The monoisotopic (exact) mass is 1330 g/mol. The topological polar surface area (TPSA) is 228 Å². The first-order valence-electron chi connectivity index (χ1n) is 37.9. The highest BCUT2D eigenvalue weighted by Gasteiger charge is 2.51. The van der Waals surface area contributed by atoms with Crippen LogP contribution in [0.3, 0.4) is 0 Å².